The number of hydroxylamine groups is 1. The summed E-state index contributed by atoms with van der Waals surface area (Å²) >= 11 is 0. The van der Waals surface area contributed by atoms with Gasteiger partial charge in [0.1, 0.15) is 6.26 Å². The van der Waals surface area contributed by atoms with E-state index in [0.29, 0.717) is 0 Å². The van der Waals surface area contributed by atoms with E-state index in [1.54, 1.807) is 0 Å². The van der Waals surface area contributed by atoms with Crippen molar-refractivity contribution in [2.24, 2.45) is 0 Å². The number of hydrogen-bond acceptors (Lipinski definition) is 2. The lowest BCUT2D eigenvalue weighted by Gasteiger charge is -1.96. The van der Waals surface area contributed by atoms with Crippen molar-refractivity contribution < 1.29 is 14.7 Å². The van der Waals surface area contributed by atoms with Gasteiger partial charge in [-0.15, -0.1) is 0 Å². The fourth-order valence-corrected chi connectivity index (χ4v) is 0.275. The van der Waals surface area contributed by atoms with E-state index < -0.39 is 0 Å². The molecule has 1 N–H and O–H groups in total. The predicted molar refractivity (Wildman–Crippen MR) is 23.1 cm³/mol. The third-order valence-electron chi connectivity index (χ3n) is 0.584. The minimum Gasteiger partial charge on any atom is -0.497 e. The smallest absolute Gasteiger partial charge is 0.389 e. The average molecular weight is 113 g/mol. The van der Waals surface area contributed by atoms with E-state index in [0.717, 1.165) is 0 Å². The normalized spacial score (nSPS) is 16.2. The van der Waals surface area contributed by atoms with Gasteiger partial charge >= 0.3 is 5.84 Å². The molecule has 1 aliphatic heterocycles. The SMILES string of the molecule is [N-]=[N+]=C1C=COON1. The van der Waals surface area contributed by atoms with Gasteiger partial charge in [-0.3, -0.25) is 0 Å². The molecule has 0 aliphatic carbocycles. The Bertz CT molecular complexity index is 158. The molecule has 0 bridgehead atoms. The first-order chi connectivity index (χ1) is 3.93. The minimum atomic E-state index is 0.205. The van der Waals surface area contributed by atoms with Gasteiger partial charge in [-0.1, -0.05) is 5.48 Å². The average Bonchev–Trinajstić information content (AvgIpc) is 1.90. The number of nitrogens with one attached hydrogen (secondary N) is 1. The molecule has 1 heterocycles. The van der Waals surface area contributed by atoms with Crippen molar-refractivity contribution in [3.63, 3.8) is 0 Å². The van der Waals surface area contributed by atoms with Crippen LogP contribution in [-0.4, -0.2) is 10.6 Å². The maximum absolute atomic E-state index is 8.03. The largest absolute Gasteiger partial charge is 0.497 e. The van der Waals surface area contributed by atoms with Gasteiger partial charge in [0, 0.05) is 4.99 Å². The Morgan fingerprint density at radius 1 is 1.75 bits per heavy atom. The monoisotopic (exact) mass is 113 g/mol. The summed E-state index contributed by atoms with van der Waals surface area (Å²) in [7, 11) is 0. The van der Waals surface area contributed by atoms with E-state index in [1.165, 1.54) is 12.3 Å². The van der Waals surface area contributed by atoms with Gasteiger partial charge < -0.3 is 15.2 Å². The molecule has 0 aromatic rings. The van der Waals surface area contributed by atoms with Gasteiger partial charge in [-0.2, -0.15) is 0 Å². The molecule has 1 rings (SSSR count). The van der Waals surface area contributed by atoms with Crippen LogP contribution in [0.15, 0.2) is 12.3 Å². The highest BCUT2D eigenvalue weighted by molar-refractivity contribution is 5.87. The fourth-order valence-electron chi connectivity index (χ4n) is 0.275. The maximum Gasteiger partial charge on any atom is 0.389 e. The number of rotatable bonds is 0. The van der Waals surface area contributed by atoms with Gasteiger partial charge in [0.2, 0.25) is 0 Å². The van der Waals surface area contributed by atoms with E-state index in [1.807, 2.05) is 0 Å². The van der Waals surface area contributed by atoms with Crippen LogP contribution in [0.5, 0.6) is 0 Å². The van der Waals surface area contributed by atoms with E-state index in [4.69, 9.17) is 5.53 Å². The zero-order valence-corrected chi connectivity index (χ0v) is 3.87. The van der Waals surface area contributed by atoms with Crippen molar-refractivity contribution in [1.29, 1.82) is 0 Å². The number of amidine groups is 1. The van der Waals surface area contributed by atoms with Gasteiger partial charge in [-0.05, 0) is 0 Å². The van der Waals surface area contributed by atoms with Crippen LogP contribution in [0.1, 0.15) is 0 Å². The highest BCUT2D eigenvalue weighted by Gasteiger charge is 2.06. The van der Waals surface area contributed by atoms with E-state index in [2.05, 4.69) is 20.1 Å². The molecule has 0 fully saturated rings. The Kier molecular flexibility index (Phi) is 1.27. The van der Waals surface area contributed by atoms with Crippen molar-refractivity contribution in [1.82, 2.24) is 5.48 Å². The van der Waals surface area contributed by atoms with Gasteiger partial charge in [0.25, 0.3) is 0 Å². The summed E-state index contributed by atoms with van der Waals surface area (Å²) in [5.74, 6) is 0.205. The minimum absolute atomic E-state index is 0.205. The highest BCUT2D eigenvalue weighted by Crippen LogP contribution is 1.84. The third-order valence-corrected chi connectivity index (χ3v) is 0.584. The second kappa shape index (κ2) is 2.11. The van der Waals surface area contributed by atoms with Crippen LogP contribution in [0.3, 0.4) is 0 Å². The van der Waals surface area contributed by atoms with Crippen LogP contribution in [0.25, 0.3) is 5.53 Å². The quantitative estimate of drug-likeness (QED) is 0.264. The molecular weight excluding hydrogens is 110 g/mol. The Morgan fingerprint density at radius 2 is 2.62 bits per heavy atom. The number of nitrogens with zero attached hydrogens (tertiary/aromatic N) is 2. The fraction of sp³-hybridized carbons (Fsp3) is 0. The molecule has 42 valence electrons. The standard InChI is InChI=1S/C3H3N3O2/c4-5-3-1-2-7-8-6-3/h1-2,6H. The highest BCUT2D eigenvalue weighted by atomic mass is 17.3. The van der Waals surface area contributed by atoms with Crippen LogP contribution in [0.2, 0.25) is 0 Å². The molecule has 0 radical (unpaired) electrons. The van der Waals surface area contributed by atoms with E-state index in [-0.39, 0.29) is 5.84 Å². The molecule has 0 aromatic carbocycles. The Labute approximate surface area is 45.0 Å². The molecule has 1 aliphatic rings. The molecule has 0 unspecified atom stereocenters. The molecule has 0 aromatic heterocycles. The molecule has 0 atom stereocenters. The molecular formula is C3H3N3O2. The molecule has 0 saturated heterocycles. The van der Waals surface area contributed by atoms with Crippen LogP contribution in [-0.2, 0) is 9.88 Å². The van der Waals surface area contributed by atoms with Crippen molar-refractivity contribution in [2.45, 2.75) is 0 Å². The van der Waals surface area contributed by atoms with Crippen molar-refractivity contribution in [2.75, 3.05) is 0 Å². The number of hydrogen-bond donors (Lipinski definition) is 1. The first kappa shape index (κ1) is 4.83. The second-order valence-corrected chi connectivity index (χ2v) is 1.07. The topological polar surface area (TPSA) is 66.9 Å². The summed E-state index contributed by atoms with van der Waals surface area (Å²) in [6.07, 6.45) is 2.65. The van der Waals surface area contributed by atoms with Crippen molar-refractivity contribution in [3.05, 3.63) is 17.9 Å². The zero-order valence-electron chi connectivity index (χ0n) is 3.87. The van der Waals surface area contributed by atoms with Gasteiger partial charge in [0.05, 0.1) is 6.08 Å². The Balaban J connectivity index is 2.70. The Morgan fingerprint density at radius 3 is 3.00 bits per heavy atom. The van der Waals surface area contributed by atoms with Crippen LogP contribution in [0, 0.1) is 0 Å². The van der Waals surface area contributed by atoms with Crippen molar-refractivity contribution >= 4 is 5.84 Å². The molecule has 0 spiro atoms. The molecule has 0 amide bonds. The zero-order chi connectivity index (χ0) is 5.82. The van der Waals surface area contributed by atoms with Gasteiger partial charge in [-0.25, -0.2) is 0 Å². The van der Waals surface area contributed by atoms with Crippen molar-refractivity contribution in [3.8, 4) is 0 Å². The summed E-state index contributed by atoms with van der Waals surface area (Å²) in [5.41, 5.74) is 10.2. The molecule has 8 heavy (non-hydrogen) atoms. The van der Waals surface area contributed by atoms with Crippen LogP contribution >= 0.6 is 0 Å². The summed E-state index contributed by atoms with van der Waals surface area (Å²) in [5, 5.41) is 0. The first-order valence-corrected chi connectivity index (χ1v) is 1.90. The summed E-state index contributed by atoms with van der Waals surface area (Å²) < 4.78 is 0. The predicted octanol–water partition coefficient (Wildman–Crippen LogP) is -0.405. The Hall–Kier alpha value is -1.32. The first-order valence-electron chi connectivity index (χ1n) is 1.90. The lowest BCUT2D eigenvalue weighted by atomic mass is 10.6. The third kappa shape index (κ3) is 0.841. The summed E-state index contributed by atoms with van der Waals surface area (Å²) in [6.45, 7) is 0. The van der Waals surface area contributed by atoms with Gasteiger partial charge in [0.15, 0.2) is 0 Å². The van der Waals surface area contributed by atoms with E-state index in [9.17, 15) is 0 Å². The lowest BCUT2D eigenvalue weighted by molar-refractivity contribution is -0.288. The van der Waals surface area contributed by atoms with Crippen LogP contribution < -0.4 is 5.48 Å². The molecule has 0 saturated carbocycles. The second-order valence-electron chi connectivity index (χ2n) is 1.07. The summed E-state index contributed by atoms with van der Waals surface area (Å²) in [6, 6.07) is 0. The lowest BCUT2D eigenvalue weighted by Crippen LogP contribution is -2.25. The maximum atomic E-state index is 8.03. The molecule has 5 heteroatoms. The summed E-state index contributed by atoms with van der Waals surface area (Å²) in [4.78, 5) is 11.1. The van der Waals surface area contributed by atoms with E-state index >= 15 is 0 Å². The van der Waals surface area contributed by atoms with Crippen LogP contribution in [0.4, 0.5) is 0 Å². The molecule has 5 nitrogen and oxygen atoms in total.